The van der Waals surface area contributed by atoms with Crippen LogP contribution in [-0.4, -0.2) is 39.6 Å². The van der Waals surface area contributed by atoms with Crippen LogP contribution in [0, 0.1) is 11.8 Å². The molecule has 0 aliphatic carbocycles. The minimum Gasteiger partial charge on any atom is -0.293 e. The first-order valence-electron chi connectivity index (χ1n) is 8.97. The molecule has 3 aliphatic rings. The lowest BCUT2D eigenvalue weighted by atomic mass is 9.90. The van der Waals surface area contributed by atoms with Crippen LogP contribution in [0.15, 0.2) is 66.9 Å². The van der Waals surface area contributed by atoms with Crippen LogP contribution in [0.2, 0.25) is 0 Å². The summed E-state index contributed by atoms with van der Waals surface area (Å²) < 4.78 is 0. The summed E-state index contributed by atoms with van der Waals surface area (Å²) in [5.41, 5.74) is 1.38. The third-order valence-corrected chi connectivity index (χ3v) is 5.68. The van der Waals surface area contributed by atoms with Gasteiger partial charge >= 0.3 is 0 Å². The molecule has 27 heavy (non-hydrogen) atoms. The number of benzene rings is 1. The van der Waals surface area contributed by atoms with E-state index in [9.17, 15) is 14.4 Å². The van der Waals surface area contributed by atoms with Gasteiger partial charge in [-0.15, -0.1) is 0 Å². The molecule has 4 atom stereocenters. The molecule has 2 fully saturated rings. The topological polar surface area (TPSA) is 70.6 Å². The molecule has 0 radical (unpaired) electrons. The maximum absolute atomic E-state index is 13.2. The van der Waals surface area contributed by atoms with Gasteiger partial charge in [-0.25, -0.2) is 4.90 Å². The second kappa shape index (κ2) is 5.96. The molecule has 6 nitrogen and oxygen atoms in total. The molecule has 2 aromatic rings. The second-order valence-corrected chi connectivity index (χ2v) is 7.09. The molecule has 4 heterocycles. The molecule has 2 saturated heterocycles. The molecule has 0 saturated carbocycles. The average molecular weight is 359 g/mol. The number of carbonyl (C=O) groups excluding carboxylic acids is 3. The molecule has 1 aromatic carbocycles. The molecule has 1 aromatic heterocycles. The van der Waals surface area contributed by atoms with Crippen LogP contribution in [0.4, 0.5) is 5.69 Å². The van der Waals surface area contributed by atoms with Gasteiger partial charge in [-0.1, -0.05) is 30.3 Å². The van der Waals surface area contributed by atoms with Gasteiger partial charge in [-0.3, -0.25) is 24.3 Å². The minimum absolute atomic E-state index is 0.120. The molecule has 3 aliphatic heterocycles. The summed E-state index contributed by atoms with van der Waals surface area (Å²) in [4.78, 5) is 46.5. The summed E-state index contributed by atoms with van der Waals surface area (Å²) in [6.45, 7) is 0.436. The standard InChI is InChI=1S/C21H17N3O3/c25-16-10-9-15-17-18(19(16)23(15)12-13-6-4-5-11-22-13)21(27)24(20(17)26)14-7-2-1-3-8-14/h1-11,15,17-19H,12H2. The van der Waals surface area contributed by atoms with Gasteiger partial charge in [-0.05, 0) is 30.3 Å². The predicted molar refractivity (Wildman–Crippen MR) is 97.4 cm³/mol. The number of ketones is 1. The van der Waals surface area contributed by atoms with E-state index in [1.807, 2.05) is 29.2 Å². The molecule has 0 N–H and O–H groups in total. The smallest absolute Gasteiger partial charge is 0.239 e. The Hall–Kier alpha value is -3.12. The SMILES string of the molecule is O=C1C=CC2C3C(=O)N(c4ccccc4)C(=O)C3C1N2Cc1ccccn1. The van der Waals surface area contributed by atoms with Crippen molar-refractivity contribution in [1.29, 1.82) is 0 Å². The van der Waals surface area contributed by atoms with Crippen molar-refractivity contribution in [3.8, 4) is 0 Å². The van der Waals surface area contributed by atoms with Gasteiger partial charge in [0.2, 0.25) is 11.8 Å². The number of aromatic nitrogens is 1. The van der Waals surface area contributed by atoms with Crippen LogP contribution in [0.3, 0.4) is 0 Å². The van der Waals surface area contributed by atoms with Gasteiger partial charge in [0.25, 0.3) is 0 Å². The van der Waals surface area contributed by atoms with E-state index in [-0.39, 0.29) is 23.6 Å². The molecular weight excluding hydrogens is 342 g/mol. The van der Waals surface area contributed by atoms with Crippen molar-refractivity contribution in [2.45, 2.75) is 18.6 Å². The van der Waals surface area contributed by atoms with Crippen molar-refractivity contribution in [1.82, 2.24) is 9.88 Å². The average Bonchev–Trinajstić information content (AvgIpc) is 3.07. The van der Waals surface area contributed by atoms with Gasteiger partial charge in [0.05, 0.1) is 29.3 Å². The highest BCUT2D eigenvalue weighted by Gasteiger charge is 2.64. The van der Waals surface area contributed by atoms with Gasteiger partial charge in [0.15, 0.2) is 5.78 Å². The summed E-state index contributed by atoms with van der Waals surface area (Å²) in [5.74, 6) is -1.81. The van der Waals surface area contributed by atoms with E-state index in [0.717, 1.165) is 5.69 Å². The fourth-order valence-electron chi connectivity index (χ4n) is 4.58. The number of hydrogen-bond acceptors (Lipinski definition) is 5. The number of para-hydroxylation sites is 1. The quantitative estimate of drug-likeness (QED) is 0.778. The summed E-state index contributed by atoms with van der Waals surface area (Å²) in [6, 6.07) is 13.6. The van der Waals surface area contributed by atoms with Crippen LogP contribution >= 0.6 is 0 Å². The Bertz CT molecular complexity index is 955. The summed E-state index contributed by atoms with van der Waals surface area (Å²) >= 11 is 0. The van der Waals surface area contributed by atoms with Crippen LogP contribution in [0.5, 0.6) is 0 Å². The molecule has 6 heteroatoms. The van der Waals surface area contributed by atoms with Crippen LogP contribution < -0.4 is 4.90 Å². The van der Waals surface area contributed by atoms with Gasteiger partial charge < -0.3 is 0 Å². The predicted octanol–water partition coefficient (Wildman–Crippen LogP) is 1.58. The zero-order valence-corrected chi connectivity index (χ0v) is 14.4. The summed E-state index contributed by atoms with van der Waals surface area (Å²) in [5, 5.41) is 0. The van der Waals surface area contributed by atoms with Crippen molar-refractivity contribution in [2.75, 3.05) is 4.90 Å². The van der Waals surface area contributed by atoms with Crippen molar-refractivity contribution >= 4 is 23.3 Å². The molecule has 134 valence electrons. The fourth-order valence-corrected chi connectivity index (χ4v) is 4.58. The van der Waals surface area contributed by atoms with Crippen LogP contribution in [0.25, 0.3) is 0 Å². The maximum atomic E-state index is 13.2. The lowest BCUT2D eigenvalue weighted by Gasteiger charge is -2.33. The highest BCUT2D eigenvalue weighted by atomic mass is 16.2. The Kier molecular flexibility index (Phi) is 3.55. The highest BCUT2D eigenvalue weighted by Crippen LogP contribution is 2.47. The monoisotopic (exact) mass is 359 g/mol. The zero-order valence-electron chi connectivity index (χ0n) is 14.4. The first-order chi connectivity index (χ1) is 13.2. The molecule has 5 rings (SSSR count). The molecule has 2 amide bonds. The van der Waals surface area contributed by atoms with Crippen molar-refractivity contribution in [3.63, 3.8) is 0 Å². The molecule has 0 spiro atoms. The van der Waals surface area contributed by atoms with Crippen molar-refractivity contribution in [3.05, 3.63) is 72.6 Å². The van der Waals surface area contributed by atoms with E-state index in [4.69, 9.17) is 0 Å². The maximum Gasteiger partial charge on any atom is 0.239 e. The van der Waals surface area contributed by atoms with E-state index in [2.05, 4.69) is 4.98 Å². The van der Waals surface area contributed by atoms with Crippen molar-refractivity contribution < 1.29 is 14.4 Å². The largest absolute Gasteiger partial charge is 0.293 e. The molecule has 4 unspecified atom stereocenters. The number of fused-ring (bicyclic) bond motifs is 5. The zero-order chi connectivity index (χ0) is 18.5. The van der Waals surface area contributed by atoms with E-state index < -0.39 is 17.9 Å². The highest BCUT2D eigenvalue weighted by molar-refractivity contribution is 6.24. The Morgan fingerprint density at radius 1 is 0.889 bits per heavy atom. The first-order valence-corrected chi connectivity index (χ1v) is 8.97. The Balaban J connectivity index is 1.53. The summed E-state index contributed by atoms with van der Waals surface area (Å²) in [7, 11) is 0. The normalized spacial score (nSPS) is 29.5. The number of amides is 2. The number of anilines is 1. The van der Waals surface area contributed by atoms with E-state index in [1.54, 1.807) is 36.5 Å². The number of imide groups is 1. The molecule has 2 bridgehead atoms. The number of hydrogen-bond donors (Lipinski definition) is 0. The Morgan fingerprint density at radius 3 is 2.37 bits per heavy atom. The van der Waals surface area contributed by atoms with Gasteiger partial charge in [0, 0.05) is 18.8 Å². The van der Waals surface area contributed by atoms with Crippen LogP contribution in [0.1, 0.15) is 5.69 Å². The number of pyridine rings is 1. The minimum atomic E-state index is -0.645. The van der Waals surface area contributed by atoms with E-state index >= 15 is 0 Å². The third kappa shape index (κ3) is 2.30. The van der Waals surface area contributed by atoms with Crippen molar-refractivity contribution in [2.24, 2.45) is 11.8 Å². The lowest BCUT2D eigenvalue weighted by molar-refractivity contribution is -0.129. The Morgan fingerprint density at radius 2 is 1.63 bits per heavy atom. The first kappa shape index (κ1) is 16.1. The number of nitrogens with zero attached hydrogens (tertiary/aromatic N) is 3. The Labute approximate surface area is 156 Å². The van der Waals surface area contributed by atoms with Gasteiger partial charge in [-0.2, -0.15) is 0 Å². The number of carbonyl (C=O) groups is 3. The third-order valence-electron chi connectivity index (χ3n) is 5.68. The molecular formula is C21H17N3O3. The lowest BCUT2D eigenvalue weighted by Crippen LogP contribution is -2.48. The number of rotatable bonds is 3. The van der Waals surface area contributed by atoms with Crippen LogP contribution in [-0.2, 0) is 20.9 Å². The second-order valence-electron chi connectivity index (χ2n) is 7.09. The fraction of sp³-hybridized carbons (Fsp3) is 0.238. The summed E-state index contributed by atoms with van der Waals surface area (Å²) in [6.07, 6.45) is 5.00. The van der Waals surface area contributed by atoms with Gasteiger partial charge in [0.1, 0.15) is 0 Å². The van der Waals surface area contributed by atoms with E-state index in [0.29, 0.717) is 12.2 Å². The van der Waals surface area contributed by atoms with E-state index in [1.165, 1.54) is 11.0 Å².